The lowest BCUT2D eigenvalue weighted by molar-refractivity contribution is -0.119. The summed E-state index contributed by atoms with van der Waals surface area (Å²) in [5, 5.41) is 6.76. The molecule has 0 bridgehead atoms. The van der Waals surface area contributed by atoms with Crippen molar-refractivity contribution in [3.05, 3.63) is 82.3 Å². The molecule has 0 saturated carbocycles. The van der Waals surface area contributed by atoms with E-state index in [1.807, 2.05) is 0 Å². The predicted octanol–water partition coefficient (Wildman–Crippen LogP) is 4.77. The third-order valence-electron chi connectivity index (χ3n) is 7.57. The SMILES string of the molecule is Cc1ccc(C(F)F)c(-c2cnc(C)c(C(=O)Nc3cnn(Cc4ncc(N5C[C@H]6C#C[C@H]6C5=O)c(C)c4F)c3)n2)c1F. The van der Waals surface area contributed by atoms with Crippen molar-refractivity contribution >= 4 is 23.2 Å². The third-order valence-corrected chi connectivity index (χ3v) is 7.57. The van der Waals surface area contributed by atoms with Gasteiger partial charge in [0.15, 0.2) is 5.82 Å². The summed E-state index contributed by atoms with van der Waals surface area (Å²) in [6, 6.07) is 2.36. The van der Waals surface area contributed by atoms with Crippen LogP contribution < -0.4 is 10.2 Å². The predicted molar refractivity (Wildman–Crippen MR) is 147 cm³/mol. The van der Waals surface area contributed by atoms with E-state index >= 15 is 4.39 Å². The van der Waals surface area contributed by atoms with E-state index in [2.05, 4.69) is 37.2 Å². The Morgan fingerprint density at radius 1 is 1.09 bits per heavy atom. The molecule has 9 nitrogen and oxygen atoms in total. The highest BCUT2D eigenvalue weighted by molar-refractivity contribution is 6.04. The van der Waals surface area contributed by atoms with E-state index in [9.17, 15) is 22.8 Å². The number of fused-ring (bicyclic) bond motifs is 1. The fraction of sp³-hybridized carbons (Fsp3) is 0.267. The number of benzene rings is 1. The van der Waals surface area contributed by atoms with Gasteiger partial charge in [0.05, 0.1) is 59.5 Å². The summed E-state index contributed by atoms with van der Waals surface area (Å²) in [6.07, 6.45) is 2.40. The summed E-state index contributed by atoms with van der Waals surface area (Å²) >= 11 is 0. The van der Waals surface area contributed by atoms with Gasteiger partial charge in [-0.1, -0.05) is 24.0 Å². The van der Waals surface area contributed by atoms with Gasteiger partial charge in [0.1, 0.15) is 17.4 Å². The molecule has 218 valence electrons. The lowest BCUT2D eigenvalue weighted by Crippen LogP contribution is -2.28. The van der Waals surface area contributed by atoms with Gasteiger partial charge < -0.3 is 10.2 Å². The molecule has 6 rings (SSSR count). The Morgan fingerprint density at radius 2 is 1.88 bits per heavy atom. The van der Waals surface area contributed by atoms with Crippen LogP contribution in [0.25, 0.3) is 11.3 Å². The van der Waals surface area contributed by atoms with Gasteiger partial charge in [0.2, 0.25) is 5.91 Å². The molecular weight excluding hydrogens is 566 g/mol. The Morgan fingerprint density at radius 3 is 2.56 bits per heavy atom. The minimum Gasteiger partial charge on any atom is -0.318 e. The van der Waals surface area contributed by atoms with Gasteiger partial charge in [-0.05, 0) is 26.3 Å². The van der Waals surface area contributed by atoms with E-state index < -0.39 is 35.1 Å². The van der Waals surface area contributed by atoms with Crippen LogP contribution in [0.1, 0.15) is 45.0 Å². The molecule has 2 atom stereocenters. The number of hydrogen-bond donors (Lipinski definition) is 1. The van der Waals surface area contributed by atoms with Crippen molar-refractivity contribution in [2.24, 2.45) is 11.8 Å². The number of amides is 2. The van der Waals surface area contributed by atoms with Crippen LogP contribution in [0.4, 0.5) is 28.9 Å². The van der Waals surface area contributed by atoms with Crippen LogP contribution in [0.15, 0.2) is 36.9 Å². The minimum atomic E-state index is -2.97. The molecule has 1 aliphatic carbocycles. The second kappa shape index (κ2) is 10.6. The number of nitrogens with one attached hydrogen (secondary N) is 1. The number of carbonyl (C=O) groups is 2. The molecule has 3 aromatic heterocycles. The largest absolute Gasteiger partial charge is 0.318 e. The second-order valence-corrected chi connectivity index (χ2v) is 10.4. The smallest absolute Gasteiger partial charge is 0.276 e. The fourth-order valence-electron chi connectivity index (χ4n) is 5.13. The van der Waals surface area contributed by atoms with E-state index in [1.54, 1.807) is 6.92 Å². The molecule has 0 spiro atoms. The molecule has 0 radical (unpaired) electrons. The molecule has 4 aromatic rings. The highest BCUT2D eigenvalue weighted by Gasteiger charge is 2.43. The van der Waals surface area contributed by atoms with E-state index in [0.29, 0.717) is 12.2 Å². The van der Waals surface area contributed by atoms with Crippen LogP contribution in [0.2, 0.25) is 0 Å². The van der Waals surface area contributed by atoms with Gasteiger partial charge in [-0.15, -0.1) is 0 Å². The van der Waals surface area contributed by atoms with E-state index in [-0.39, 0.29) is 63.9 Å². The number of anilines is 2. The zero-order valence-electron chi connectivity index (χ0n) is 23.1. The van der Waals surface area contributed by atoms with Crippen molar-refractivity contribution in [2.75, 3.05) is 16.8 Å². The molecule has 0 unspecified atom stereocenters. The van der Waals surface area contributed by atoms with Gasteiger partial charge in [-0.25, -0.2) is 22.5 Å². The van der Waals surface area contributed by atoms with Crippen molar-refractivity contribution in [3.63, 3.8) is 0 Å². The Balaban J connectivity index is 1.19. The minimum absolute atomic E-state index is 0.0385. The molecule has 2 aliphatic rings. The first-order valence-corrected chi connectivity index (χ1v) is 13.2. The monoisotopic (exact) mass is 589 g/mol. The maximum absolute atomic E-state index is 15.3. The molecule has 4 heterocycles. The van der Waals surface area contributed by atoms with Crippen LogP contribution in [0.5, 0.6) is 0 Å². The lowest BCUT2D eigenvalue weighted by Gasteiger charge is -2.19. The average molecular weight is 590 g/mol. The summed E-state index contributed by atoms with van der Waals surface area (Å²) in [5.74, 6) is 3.07. The summed E-state index contributed by atoms with van der Waals surface area (Å²) in [6.45, 7) is 4.85. The molecule has 43 heavy (non-hydrogen) atoms. The first-order chi connectivity index (χ1) is 20.5. The number of aromatic nitrogens is 5. The number of pyridine rings is 1. The summed E-state index contributed by atoms with van der Waals surface area (Å²) < 4.78 is 58.9. The number of halogens is 4. The highest BCUT2D eigenvalue weighted by atomic mass is 19.3. The van der Waals surface area contributed by atoms with Gasteiger partial charge >= 0.3 is 0 Å². The van der Waals surface area contributed by atoms with Crippen molar-refractivity contribution in [1.29, 1.82) is 0 Å². The normalized spacial score (nSPS) is 17.0. The number of carbonyl (C=O) groups excluding carboxylic acids is 2. The van der Waals surface area contributed by atoms with Crippen LogP contribution in [-0.4, -0.2) is 43.1 Å². The molecule has 1 fully saturated rings. The van der Waals surface area contributed by atoms with Gasteiger partial charge in [-0.2, -0.15) is 5.10 Å². The Labute approximate surface area is 243 Å². The lowest BCUT2D eigenvalue weighted by atomic mass is 9.89. The summed E-state index contributed by atoms with van der Waals surface area (Å²) in [7, 11) is 0. The Kier molecular flexibility index (Phi) is 6.92. The number of hydrogen-bond acceptors (Lipinski definition) is 6. The Bertz CT molecular complexity index is 1880. The van der Waals surface area contributed by atoms with Gasteiger partial charge in [-0.3, -0.25) is 24.2 Å². The molecule has 1 aliphatic heterocycles. The van der Waals surface area contributed by atoms with Crippen LogP contribution in [-0.2, 0) is 11.3 Å². The number of nitrogens with zero attached hydrogens (tertiary/aromatic N) is 6. The highest BCUT2D eigenvalue weighted by Crippen LogP contribution is 2.36. The van der Waals surface area contributed by atoms with E-state index in [4.69, 9.17) is 0 Å². The number of alkyl halides is 2. The summed E-state index contributed by atoms with van der Waals surface area (Å²) in [4.78, 5) is 39.6. The molecule has 13 heteroatoms. The maximum atomic E-state index is 15.3. The zero-order chi connectivity index (χ0) is 30.6. The van der Waals surface area contributed by atoms with E-state index in [0.717, 1.165) is 12.3 Å². The van der Waals surface area contributed by atoms with Crippen LogP contribution in [0.3, 0.4) is 0 Å². The van der Waals surface area contributed by atoms with Crippen molar-refractivity contribution < 1.29 is 27.2 Å². The molecule has 1 aromatic carbocycles. The first kappa shape index (κ1) is 28.0. The number of aryl methyl sites for hydroxylation is 2. The van der Waals surface area contributed by atoms with Crippen LogP contribution in [0, 0.1) is 56.1 Å². The van der Waals surface area contributed by atoms with Crippen molar-refractivity contribution in [1.82, 2.24) is 24.7 Å². The summed E-state index contributed by atoms with van der Waals surface area (Å²) in [5.41, 5.74) is -0.0750. The van der Waals surface area contributed by atoms with Crippen molar-refractivity contribution in [3.8, 4) is 23.1 Å². The van der Waals surface area contributed by atoms with Crippen molar-refractivity contribution in [2.45, 2.75) is 33.7 Å². The van der Waals surface area contributed by atoms with Crippen LogP contribution >= 0.6 is 0 Å². The van der Waals surface area contributed by atoms with Gasteiger partial charge in [0, 0.05) is 29.4 Å². The molecule has 2 amide bonds. The van der Waals surface area contributed by atoms with Gasteiger partial charge in [0.25, 0.3) is 12.3 Å². The quantitative estimate of drug-likeness (QED) is 0.246. The topological polar surface area (TPSA) is 106 Å². The zero-order valence-corrected chi connectivity index (χ0v) is 23.1. The average Bonchev–Trinajstić information content (AvgIpc) is 3.48. The Hall–Kier alpha value is -5.12. The molecule has 1 N–H and O–H groups in total. The second-order valence-electron chi connectivity index (χ2n) is 10.4. The maximum Gasteiger partial charge on any atom is 0.276 e. The molecular formula is C30H23F4N7O2. The molecule has 1 saturated heterocycles. The fourth-order valence-corrected chi connectivity index (χ4v) is 5.13. The first-order valence-electron chi connectivity index (χ1n) is 13.2. The van der Waals surface area contributed by atoms with E-state index in [1.165, 1.54) is 48.1 Å². The number of rotatable bonds is 7. The standard InChI is InChI=1S/C30H23F4N7O2/c1-14-4-6-20(28(33)34)24(25(14)31)21-9-35-16(3)27(39-21)29(42)38-18-8-37-40(12-18)13-22-26(32)15(2)23(10-36-22)41-11-17-5-7-19(17)30(41)43/h4,6,8-10,12,17,19,28H,11,13H2,1-3H3,(H,38,42)/t17-,19-/m1/s1. The third kappa shape index (κ3) is 4.88.